The molecule has 2 aliphatic heterocycles. The van der Waals surface area contributed by atoms with Gasteiger partial charge in [0.1, 0.15) is 23.6 Å². The first kappa shape index (κ1) is 26.8. The van der Waals surface area contributed by atoms with Crippen LogP contribution in [0.2, 0.25) is 0 Å². The summed E-state index contributed by atoms with van der Waals surface area (Å²) in [7, 11) is 0. The summed E-state index contributed by atoms with van der Waals surface area (Å²) in [6, 6.07) is 25.9. The zero-order chi connectivity index (χ0) is 25.9. The first-order chi connectivity index (χ1) is 18.7. The molecule has 8 heteroatoms. The van der Waals surface area contributed by atoms with Crippen LogP contribution < -0.4 is 20.2 Å². The number of ether oxygens (including phenoxy) is 1. The van der Waals surface area contributed by atoms with E-state index in [1.54, 1.807) is 11.0 Å². The van der Waals surface area contributed by atoms with Gasteiger partial charge in [-0.15, -0.1) is 12.4 Å². The second-order valence-electron chi connectivity index (χ2n) is 9.90. The van der Waals surface area contributed by atoms with Crippen molar-refractivity contribution in [1.29, 1.82) is 0 Å². The van der Waals surface area contributed by atoms with Gasteiger partial charge in [-0.3, -0.25) is 9.69 Å². The second kappa shape index (κ2) is 11.9. The number of carbonyl (C=O) groups excluding carboxylic acids is 1. The first-order valence-electron chi connectivity index (χ1n) is 13.2. The van der Waals surface area contributed by atoms with Crippen LogP contribution in [0.3, 0.4) is 0 Å². The van der Waals surface area contributed by atoms with Crippen molar-refractivity contribution in [2.45, 2.75) is 19.4 Å². The highest BCUT2D eigenvalue weighted by Gasteiger charge is 2.30. The normalized spacial score (nSPS) is 15.5. The van der Waals surface area contributed by atoms with Gasteiger partial charge >= 0.3 is 5.63 Å². The van der Waals surface area contributed by atoms with E-state index in [0.717, 1.165) is 55.5 Å². The molecule has 1 amide bonds. The largest absolute Gasteiger partial charge is 0.489 e. The average Bonchev–Trinajstić information content (AvgIpc) is 2.97. The van der Waals surface area contributed by atoms with Crippen molar-refractivity contribution < 1.29 is 13.9 Å². The maximum absolute atomic E-state index is 13.5. The Labute approximate surface area is 234 Å². The molecule has 39 heavy (non-hydrogen) atoms. The van der Waals surface area contributed by atoms with E-state index < -0.39 is 5.63 Å². The number of fused-ring (bicyclic) bond motifs is 3. The molecular formula is C31H32ClN3O4. The minimum atomic E-state index is -0.451. The Morgan fingerprint density at radius 3 is 2.33 bits per heavy atom. The Balaban J connectivity index is 0.00000308. The number of piperazine rings is 1. The van der Waals surface area contributed by atoms with E-state index in [1.165, 1.54) is 5.69 Å². The highest BCUT2D eigenvalue weighted by Crippen LogP contribution is 2.33. The Bertz CT molecular complexity index is 1480. The third-order valence-electron chi connectivity index (χ3n) is 7.44. The molecule has 3 aromatic carbocycles. The molecule has 2 aliphatic rings. The number of anilines is 2. The van der Waals surface area contributed by atoms with Gasteiger partial charge in [0.15, 0.2) is 0 Å². The van der Waals surface area contributed by atoms with Gasteiger partial charge in [-0.1, -0.05) is 48.5 Å². The molecule has 0 saturated carbocycles. The lowest BCUT2D eigenvalue weighted by molar-refractivity contribution is -0.119. The molecule has 0 aliphatic carbocycles. The predicted octanol–water partition coefficient (Wildman–Crippen LogP) is 4.90. The smallest absolute Gasteiger partial charge is 0.360 e. The van der Waals surface area contributed by atoms with Crippen molar-refractivity contribution in [3.8, 4) is 5.75 Å². The molecule has 0 bridgehead atoms. The van der Waals surface area contributed by atoms with Crippen molar-refractivity contribution in [3.05, 3.63) is 100 Å². The van der Waals surface area contributed by atoms with Gasteiger partial charge in [0.2, 0.25) is 5.91 Å². The Kier molecular flexibility index (Phi) is 8.19. The molecule has 7 nitrogen and oxygen atoms in total. The van der Waals surface area contributed by atoms with Crippen LogP contribution in [-0.2, 0) is 17.8 Å². The van der Waals surface area contributed by atoms with Crippen LogP contribution >= 0.6 is 12.4 Å². The van der Waals surface area contributed by atoms with Gasteiger partial charge in [0.05, 0.1) is 6.54 Å². The first-order valence-corrected chi connectivity index (χ1v) is 13.2. The molecule has 0 atom stereocenters. The van der Waals surface area contributed by atoms with Crippen LogP contribution in [0, 0.1) is 0 Å². The Morgan fingerprint density at radius 2 is 1.59 bits per heavy atom. The van der Waals surface area contributed by atoms with Crippen molar-refractivity contribution in [2.75, 3.05) is 49.1 Å². The molecule has 1 fully saturated rings. The fourth-order valence-corrected chi connectivity index (χ4v) is 5.44. The van der Waals surface area contributed by atoms with E-state index >= 15 is 0 Å². The monoisotopic (exact) mass is 545 g/mol. The molecule has 6 rings (SSSR count). The number of hydrogen-bond donors (Lipinski definition) is 0. The molecule has 1 aromatic heterocycles. The quantitative estimate of drug-likeness (QED) is 0.321. The van der Waals surface area contributed by atoms with Crippen LogP contribution in [0.1, 0.15) is 17.5 Å². The fourth-order valence-electron chi connectivity index (χ4n) is 5.44. The zero-order valence-corrected chi connectivity index (χ0v) is 22.6. The lowest BCUT2D eigenvalue weighted by Gasteiger charge is -2.37. The number of carbonyl (C=O) groups is 1. The van der Waals surface area contributed by atoms with E-state index in [1.807, 2.05) is 60.7 Å². The van der Waals surface area contributed by atoms with Crippen LogP contribution in [-0.4, -0.2) is 50.1 Å². The molecule has 0 N–H and O–H groups in total. The Morgan fingerprint density at radius 1 is 0.872 bits per heavy atom. The third kappa shape index (κ3) is 5.79. The van der Waals surface area contributed by atoms with Crippen LogP contribution in [0.4, 0.5) is 11.4 Å². The standard InChI is InChI=1S/C31H31N3O4.ClH/c35-29(21-32-16-18-33(19-17-32)24-10-5-2-6-11-24)34-15-7-12-26-27-20-25(37-22-23-8-3-1-4-9-23)13-14-28(27)38-31(36)30(26)34;/h1-6,8-11,13-14,20H,7,12,15-19,21-22H2;1H. The molecule has 0 unspecified atom stereocenters. The number of benzene rings is 3. The van der Waals surface area contributed by atoms with E-state index in [4.69, 9.17) is 9.15 Å². The lowest BCUT2D eigenvalue weighted by atomic mass is 9.98. The molecule has 4 aromatic rings. The van der Waals surface area contributed by atoms with Crippen molar-refractivity contribution in [2.24, 2.45) is 0 Å². The summed E-state index contributed by atoms with van der Waals surface area (Å²) in [5, 5.41) is 0.833. The molecule has 0 radical (unpaired) electrons. The third-order valence-corrected chi connectivity index (χ3v) is 7.44. The van der Waals surface area contributed by atoms with E-state index in [2.05, 4.69) is 21.9 Å². The van der Waals surface area contributed by atoms with Crippen LogP contribution in [0.5, 0.6) is 5.75 Å². The molecule has 0 spiro atoms. The zero-order valence-electron chi connectivity index (χ0n) is 21.8. The number of para-hydroxylation sites is 1. The highest BCUT2D eigenvalue weighted by molar-refractivity contribution is 5.98. The van der Waals surface area contributed by atoms with Crippen molar-refractivity contribution >= 4 is 40.7 Å². The summed E-state index contributed by atoms with van der Waals surface area (Å²) in [4.78, 5) is 32.7. The van der Waals surface area contributed by atoms with E-state index in [0.29, 0.717) is 36.7 Å². The number of aryl methyl sites for hydroxylation is 1. The van der Waals surface area contributed by atoms with Crippen molar-refractivity contribution in [1.82, 2.24) is 4.90 Å². The number of amides is 1. The van der Waals surface area contributed by atoms with Gasteiger partial charge in [-0.25, -0.2) is 4.79 Å². The molecule has 202 valence electrons. The number of hydrogen-bond acceptors (Lipinski definition) is 6. The summed E-state index contributed by atoms with van der Waals surface area (Å²) < 4.78 is 11.7. The minimum absolute atomic E-state index is 0. The summed E-state index contributed by atoms with van der Waals surface area (Å²) in [6.45, 7) is 4.61. The molecule has 3 heterocycles. The van der Waals surface area contributed by atoms with Gasteiger partial charge in [0.25, 0.3) is 0 Å². The maximum atomic E-state index is 13.5. The lowest BCUT2D eigenvalue weighted by Crippen LogP contribution is -2.51. The highest BCUT2D eigenvalue weighted by atomic mass is 35.5. The number of halogens is 1. The summed E-state index contributed by atoms with van der Waals surface area (Å²) in [5.74, 6) is 0.652. The SMILES string of the molecule is Cl.O=C(CN1CCN(c2ccccc2)CC1)N1CCCc2c1c(=O)oc1ccc(OCc3ccccc3)cc21. The van der Waals surface area contributed by atoms with Gasteiger partial charge in [0, 0.05) is 43.8 Å². The average molecular weight is 546 g/mol. The minimum Gasteiger partial charge on any atom is -0.489 e. The fraction of sp³-hybridized carbons (Fsp3) is 0.290. The Hall–Kier alpha value is -3.81. The maximum Gasteiger partial charge on any atom is 0.360 e. The summed E-state index contributed by atoms with van der Waals surface area (Å²) in [5.41, 5.74) is 3.61. The van der Waals surface area contributed by atoms with Crippen molar-refractivity contribution in [3.63, 3.8) is 0 Å². The number of nitrogens with zero attached hydrogens (tertiary/aromatic N) is 3. The number of rotatable bonds is 6. The second-order valence-corrected chi connectivity index (χ2v) is 9.90. The molecule has 1 saturated heterocycles. The topological polar surface area (TPSA) is 66.2 Å². The summed E-state index contributed by atoms with van der Waals surface area (Å²) in [6.07, 6.45) is 1.52. The molecular weight excluding hydrogens is 514 g/mol. The van der Waals surface area contributed by atoms with Crippen LogP contribution in [0.15, 0.2) is 88.1 Å². The predicted molar refractivity (Wildman–Crippen MR) is 156 cm³/mol. The summed E-state index contributed by atoms with van der Waals surface area (Å²) >= 11 is 0. The van der Waals surface area contributed by atoms with Crippen LogP contribution in [0.25, 0.3) is 11.0 Å². The van der Waals surface area contributed by atoms with Gasteiger partial charge < -0.3 is 19.0 Å². The van der Waals surface area contributed by atoms with E-state index in [-0.39, 0.29) is 18.3 Å². The van der Waals surface area contributed by atoms with Gasteiger partial charge in [-0.2, -0.15) is 0 Å². The van der Waals surface area contributed by atoms with Gasteiger partial charge in [-0.05, 0) is 54.3 Å². The van der Waals surface area contributed by atoms with E-state index in [9.17, 15) is 9.59 Å².